The average Bonchev–Trinajstić information content (AvgIpc) is 2.74. The van der Waals surface area contributed by atoms with E-state index in [2.05, 4.69) is 40.3 Å². The van der Waals surface area contributed by atoms with Crippen LogP contribution in [-0.4, -0.2) is 42.9 Å². The van der Waals surface area contributed by atoms with E-state index in [0.717, 1.165) is 16.1 Å². The first-order chi connectivity index (χ1) is 14.8. The Morgan fingerprint density at radius 2 is 1.81 bits per heavy atom. The van der Waals surface area contributed by atoms with E-state index in [1.807, 2.05) is 31.2 Å². The largest absolute Gasteiger partial charge is 0.395 e. The van der Waals surface area contributed by atoms with Crippen molar-refractivity contribution in [1.29, 1.82) is 0 Å². The minimum atomic E-state index is -3.73. The predicted molar refractivity (Wildman–Crippen MR) is 127 cm³/mol. The lowest BCUT2D eigenvalue weighted by Gasteiger charge is -2.10. The van der Waals surface area contributed by atoms with Gasteiger partial charge < -0.3 is 15.7 Å². The second-order valence-electron chi connectivity index (χ2n) is 6.53. The van der Waals surface area contributed by atoms with Crippen LogP contribution < -0.4 is 10.6 Å². The summed E-state index contributed by atoms with van der Waals surface area (Å²) in [5, 5.41) is 15.1. The smallest absolute Gasteiger partial charge is 0.288 e. The molecule has 2 aromatic carbocycles. The van der Waals surface area contributed by atoms with Crippen LogP contribution in [0.5, 0.6) is 0 Å². The van der Waals surface area contributed by atoms with Crippen LogP contribution in [0.3, 0.4) is 0 Å². The molecular weight excluding hydrogens is 502 g/mol. The maximum atomic E-state index is 12.6. The summed E-state index contributed by atoms with van der Waals surface area (Å²) in [4.78, 5) is 9.57. The van der Waals surface area contributed by atoms with Crippen molar-refractivity contribution in [3.05, 3.63) is 64.8 Å². The van der Waals surface area contributed by atoms with Crippen LogP contribution >= 0.6 is 15.9 Å². The van der Waals surface area contributed by atoms with Gasteiger partial charge in [0, 0.05) is 23.3 Å². The van der Waals surface area contributed by atoms with Crippen molar-refractivity contribution in [2.45, 2.75) is 16.7 Å². The molecule has 0 spiro atoms. The van der Waals surface area contributed by atoms with Crippen LogP contribution in [0, 0.1) is 6.92 Å². The van der Waals surface area contributed by atoms with E-state index in [4.69, 9.17) is 5.11 Å². The highest BCUT2D eigenvalue weighted by molar-refractivity contribution is 9.10. The number of aliphatic hydroxyl groups excluding tert-OH is 1. The van der Waals surface area contributed by atoms with Gasteiger partial charge in [-0.05, 0) is 65.5 Å². The normalized spacial score (nSPS) is 12.5. The molecule has 11 heteroatoms. The van der Waals surface area contributed by atoms with Gasteiger partial charge in [0.1, 0.15) is 5.82 Å². The Morgan fingerprint density at radius 3 is 2.45 bits per heavy atom. The fourth-order valence-corrected chi connectivity index (χ4v) is 5.74. The van der Waals surface area contributed by atoms with Crippen LogP contribution in [0.1, 0.15) is 5.56 Å². The predicted octanol–water partition coefficient (Wildman–Crippen LogP) is 3.87. The molecule has 0 saturated heterocycles. The van der Waals surface area contributed by atoms with Gasteiger partial charge in [0.15, 0.2) is 0 Å². The summed E-state index contributed by atoms with van der Waals surface area (Å²) in [6.07, 6.45) is 3.38. The minimum absolute atomic E-state index is 0.00961. The van der Waals surface area contributed by atoms with Crippen molar-refractivity contribution in [1.82, 2.24) is 9.97 Å². The number of nitrogens with zero attached hydrogens (tertiary/aromatic N) is 3. The van der Waals surface area contributed by atoms with Crippen molar-refractivity contribution in [2.24, 2.45) is 3.77 Å². The van der Waals surface area contributed by atoms with Gasteiger partial charge in [0.05, 0.1) is 16.0 Å². The van der Waals surface area contributed by atoms with Crippen molar-refractivity contribution in [3.8, 4) is 0 Å². The molecule has 164 valence electrons. The Kier molecular flexibility index (Phi) is 7.76. The van der Waals surface area contributed by atoms with E-state index in [9.17, 15) is 8.42 Å². The van der Waals surface area contributed by atoms with Crippen LogP contribution in [0.4, 0.5) is 17.5 Å². The van der Waals surface area contributed by atoms with Gasteiger partial charge in [-0.3, -0.25) is 0 Å². The molecule has 0 saturated carbocycles. The maximum Gasteiger partial charge on any atom is 0.288 e. The lowest BCUT2D eigenvalue weighted by Crippen LogP contribution is -2.09. The summed E-state index contributed by atoms with van der Waals surface area (Å²) >= 11 is 3.36. The Bertz CT molecular complexity index is 1180. The number of hydrogen-bond donors (Lipinski definition) is 3. The summed E-state index contributed by atoms with van der Waals surface area (Å²) in [6, 6.07) is 13.9. The van der Waals surface area contributed by atoms with Crippen molar-refractivity contribution < 1.29 is 13.5 Å². The van der Waals surface area contributed by atoms with Gasteiger partial charge in [-0.2, -0.15) is 13.4 Å². The third-order valence-electron chi connectivity index (χ3n) is 4.13. The van der Waals surface area contributed by atoms with Gasteiger partial charge in [0.25, 0.3) is 10.0 Å². The van der Waals surface area contributed by atoms with Gasteiger partial charge in [-0.15, -0.1) is 3.77 Å². The highest BCUT2D eigenvalue weighted by Gasteiger charge is 2.13. The first-order valence-electron chi connectivity index (χ1n) is 9.23. The second-order valence-corrected chi connectivity index (χ2v) is 10.8. The number of rotatable bonds is 8. The molecule has 8 nitrogen and oxygen atoms in total. The fourth-order valence-electron chi connectivity index (χ4n) is 2.53. The topological polar surface area (TPSA) is 117 Å². The molecule has 0 unspecified atom stereocenters. The molecule has 1 aromatic heterocycles. The molecule has 1 atom stereocenters. The first kappa shape index (κ1) is 23.3. The van der Waals surface area contributed by atoms with Crippen molar-refractivity contribution in [2.75, 3.05) is 30.0 Å². The molecule has 3 rings (SSSR count). The van der Waals surface area contributed by atoms with E-state index >= 15 is 0 Å². The molecule has 0 amide bonds. The van der Waals surface area contributed by atoms with Crippen LogP contribution in [-0.2, 0) is 20.7 Å². The van der Waals surface area contributed by atoms with E-state index in [0.29, 0.717) is 22.8 Å². The first-order valence-corrected chi connectivity index (χ1v) is 13.1. The molecule has 1 heterocycles. The summed E-state index contributed by atoms with van der Waals surface area (Å²) in [6.45, 7) is 2.27. The maximum absolute atomic E-state index is 12.6. The highest BCUT2D eigenvalue weighted by Crippen LogP contribution is 2.23. The molecule has 0 fully saturated rings. The number of halogens is 1. The van der Waals surface area contributed by atoms with E-state index in [-0.39, 0.29) is 11.5 Å². The summed E-state index contributed by atoms with van der Waals surface area (Å²) in [5.74, 6) is 0.955. The third-order valence-corrected chi connectivity index (χ3v) is 8.21. The van der Waals surface area contributed by atoms with Gasteiger partial charge in [-0.1, -0.05) is 28.4 Å². The summed E-state index contributed by atoms with van der Waals surface area (Å²) in [7, 11) is -4.56. The third kappa shape index (κ3) is 6.33. The molecule has 0 aliphatic rings. The zero-order valence-electron chi connectivity index (χ0n) is 16.9. The number of aliphatic hydroxyl groups is 1. The summed E-state index contributed by atoms with van der Waals surface area (Å²) in [5.41, 5.74) is 1.74. The van der Waals surface area contributed by atoms with E-state index in [1.54, 1.807) is 36.7 Å². The molecule has 0 radical (unpaired) electrons. The number of aryl methyl sites for hydroxylation is 1. The zero-order chi connectivity index (χ0) is 22.4. The van der Waals surface area contributed by atoms with E-state index in [1.165, 1.54) is 0 Å². The Balaban J connectivity index is 1.75. The SMILES string of the molecule is Cc1ccc(S(=O)(=O)N=[S@@](C)c2ccc(Nc3ncc(Br)c(NCCO)n3)cc2)cc1. The number of aromatic nitrogens is 2. The standard InChI is InChI=1S/C20H22BrN5O3S2/c1-14-3-9-17(10-4-14)31(28,29)26-30(2)16-7-5-15(6-8-16)24-20-23-13-18(21)19(25-20)22-11-12-27/h3-10,13,27H,11-12H2,1-2H3,(H2,22,23,24,25)/t30-/m0/s1. The molecule has 0 aliphatic carbocycles. The molecule has 3 aromatic rings. The second kappa shape index (κ2) is 10.3. The van der Waals surface area contributed by atoms with Crippen molar-refractivity contribution >= 4 is 54.1 Å². The van der Waals surface area contributed by atoms with E-state index < -0.39 is 20.7 Å². The molecule has 0 aliphatic heterocycles. The van der Waals surface area contributed by atoms with Crippen LogP contribution in [0.2, 0.25) is 0 Å². The monoisotopic (exact) mass is 523 g/mol. The average molecular weight is 524 g/mol. The fraction of sp³-hybridized carbons (Fsp3) is 0.200. The number of sulfonamides is 1. The summed E-state index contributed by atoms with van der Waals surface area (Å²) < 4.78 is 29.9. The Labute approximate surface area is 192 Å². The number of nitrogens with one attached hydrogen (secondary N) is 2. The number of anilines is 3. The zero-order valence-corrected chi connectivity index (χ0v) is 20.1. The Hall–Kier alpha value is -2.34. The highest BCUT2D eigenvalue weighted by atomic mass is 79.9. The molecular formula is C20H22BrN5O3S2. The van der Waals surface area contributed by atoms with Gasteiger partial charge >= 0.3 is 0 Å². The minimum Gasteiger partial charge on any atom is -0.395 e. The van der Waals surface area contributed by atoms with Gasteiger partial charge in [-0.25, -0.2) is 4.98 Å². The van der Waals surface area contributed by atoms with Gasteiger partial charge in [0.2, 0.25) is 5.95 Å². The molecule has 31 heavy (non-hydrogen) atoms. The quantitative estimate of drug-likeness (QED) is 0.410. The lowest BCUT2D eigenvalue weighted by atomic mass is 10.2. The lowest BCUT2D eigenvalue weighted by molar-refractivity contribution is 0.311. The number of hydrogen-bond acceptors (Lipinski definition) is 7. The Morgan fingerprint density at radius 1 is 1.13 bits per heavy atom. The number of benzene rings is 2. The van der Waals surface area contributed by atoms with Crippen molar-refractivity contribution in [3.63, 3.8) is 0 Å². The molecule has 3 N–H and O–H groups in total. The van der Waals surface area contributed by atoms with Crippen LogP contribution in [0.15, 0.2) is 72.8 Å². The van der Waals surface area contributed by atoms with Crippen LogP contribution in [0.25, 0.3) is 0 Å². The molecule has 0 bridgehead atoms.